The van der Waals surface area contributed by atoms with Gasteiger partial charge in [-0.05, 0) is 40.5 Å². The van der Waals surface area contributed by atoms with E-state index in [1.807, 2.05) is 6.92 Å². The molecular weight excluding hydrogens is 342 g/mol. The summed E-state index contributed by atoms with van der Waals surface area (Å²) < 4.78 is 32.8. The van der Waals surface area contributed by atoms with Gasteiger partial charge in [-0.3, -0.25) is 0 Å². The molecule has 0 amide bonds. The number of rotatable bonds is 5. The monoisotopic (exact) mass is 356 g/mol. The van der Waals surface area contributed by atoms with E-state index in [9.17, 15) is 8.78 Å². The summed E-state index contributed by atoms with van der Waals surface area (Å²) >= 11 is 2.94. The highest BCUT2D eigenvalue weighted by atomic mass is 79.9. The van der Waals surface area contributed by atoms with Crippen LogP contribution < -0.4 is 15.8 Å². The van der Waals surface area contributed by atoms with Crippen LogP contribution in [0.4, 0.5) is 25.8 Å². The van der Waals surface area contributed by atoms with Crippen LogP contribution in [0.5, 0.6) is 5.75 Å². The molecule has 0 saturated heterocycles. The van der Waals surface area contributed by atoms with E-state index < -0.39 is 11.6 Å². The number of nitrogens with two attached hydrogens (primary N) is 1. The maximum Gasteiger partial charge on any atom is 0.147 e. The molecule has 0 heterocycles. The van der Waals surface area contributed by atoms with E-state index in [1.54, 1.807) is 18.2 Å². The molecule has 2 rings (SSSR count). The Labute approximate surface area is 130 Å². The van der Waals surface area contributed by atoms with Gasteiger partial charge in [0.15, 0.2) is 0 Å². The molecule has 0 unspecified atom stereocenters. The Morgan fingerprint density at radius 2 is 1.95 bits per heavy atom. The van der Waals surface area contributed by atoms with Gasteiger partial charge in [0.1, 0.15) is 17.4 Å². The van der Waals surface area contributed by atoms with E-state index in [2.05, 4.69) is 21.2 Å². The molecule has 112 valence electrons. The van der Waals surface area contributed by atoms with Crippen molar-refractivity contribution in [1.29, 1.82) is 0 Å². The fourth-order valence-electron chi connectivity index (χ4n) is 1.72. The number of hydrogen-bond acceptors (Lipinski definition) is 3. The molecule has 0 aliphatic carbocycles. The number of benzene rings is 2. The second-order valence-electron chi connectivity index (χ2n) is 4.47. The summed E-state index contributed by atoms with van der Waals surface area (Å²) in [6.45, 7) is 2.52. The molecule has 6 heteroatoms. The molecule has 0 spiro atoms. The molecule has 0 aliphatic rings. The summed E-state index contributed by atoms with van der Waals surface area (Å²) in [4.78, 5) is 0. The minimum Gasteiger partial charge on any atom is -0.491 e. The molecule has 0 radical (unpaired) electrons. The maximum atomic E-state index is 13.8. The van der Waals surface area contributed by atoms with Gasteiger partial charge in [0.2, 0.25) is 0 Å². The highest BCUT2D eigenvalue weighted by Gasteiger charge is 2.09. The summed E-state index contributed by atoms with van der Waals surface area (Å²) in [6.07, 6.45) is 0.851. The number of nitrogens with one attached hydrogen (secondary N) is 1. The van der Waals surface area contributed by atoms with Crippen LogP contribution in [0.15, 0.2) is 34.8 Å². The number of hydrogen-bond donors (Lipinski definition) is 2. The van der Waals surface area contributed by atoms with E-state index in [-0.39, 0.29) is 10.2 Å². The van der Waals surface area contributed by atoms with E-state index in [4.69, 9.17) is 10.5 Å². The van der Waals surface area contributed by atoms with Crippen molar-refractivity contribution in [3.8, 4) is 5.75 Å². The summed E-state index contributed by atoms with van der Waals surface area (Å²) in [5.41, 5.74) is 6.91. The lowest BCUT2D eigenvalue weighted by molar-refractivity contribution is 0.319. The van der Waals surface area contributed by atoms with Gasteiger partial charge in [0.25, 0.3) is 0 Å². The molecule has 0 aromatic heterocycles. The van der Waals surface area contributed by atoms with Gasteiger partial charge in [-0.2, -0.15) is 0 Å². The molecular formula is C15H15BrF2N2O. The van der Waals surface area contributed by atoms with Gasteiger partial charge >= 0.3 is 0 Å². The normalized spacial score (nSPS) is 10.5. The minimum absolute atomic E-state index is 0.0434. The van der Waals surface area contributed by atoms with Crippen molar-refractivity contribution in [3.05, 3.63) is 46.4 Å². The fourth-order valence-corrected chi connectivity index (χ4v) is 2.04. The first-order valence-corrected chi connectivity index (χ1v) is 7.24. The Morgan fingerprint density at radius 1 is 1.19 bits per heavy atom. The lowest BCUT2D eigenvalue weighted by Crippen LogP contribution is -2.01. The summed E-state index contributed by atoms with van der Waals surface area (Å²) in [5, 5.41) is 2.81. The van der Waals surface area contributed by atoms with Crippen LogP contribution in [0.2, 0.25) is 0 Å². The zero-order chi connectivity index (χ0) is 15.4. The Balaban J connectivity index is 2.25. The summed E-state index contributed by atoms with van der Waals surface area (Å²) in [7, 11) is 0. The van der Waals surface area contributed by atoms with Crippen LogP contribution in [-0.2, 0) is 0 Å². The minimum atomic E-state index is -0.559. The molecule has 0 aliphatic heterocycles. The highest BCUT2D eigenvalue weighted by Crippen LogP contribution is 2.30. The van der Waals surface area contributed by atoms with Crippen molar-refractivity contribution >= 4 is 33.0 Å². The molecule has 3 nitrogen and oxygen atoms in total. The van der Waals surface area contributed by atoms with Crippen LogP contribution >= 0.6 is 15.9 Å². The molecule has 2 aromatic carbocycles. The summed E-state index contributed by atoms with van der Waals surface area (Å²) in [5.74, 6) is -0.590. The molecule has 3 N–H and O–H groups in total. The van der Waals surface area contributed by atoms with Crippen molar-refractivity contribution in [1.82, 2.24) is 0 Å². The zero-order valence-corrected chi connectivity index (χ0v) is 13.0. The number of nitrogen functional groups attached to an aromatic ring is 1. The molecule has 0 saturated carbocycles. The Morgan fingerprint density at radius 3 is 2.67 bits per heavy atom. The second kappa shape index (κ2) is 6.76. The Kier molecular flexibility index (Phi) is 5.01. The lowest BCUT2D eigenvalue weighted by atomic mass is 10.2. The van der Waals surface area contributed by atoms with Gasteiger partial charge in [-0.15, -0.1) is 0 Å². The average molecular weight is 357 g/mol. The first-order chi connectivity index (χ1) is 10.0. The third-order valence-electron chi connectivity index (χ3n) is 2.76. The first kappa shape index (κ1) is 15.6. The van der Waals surface area contributed by atoms with Crippen LogP contribution in [0.1, 0.15) is 13.3 Å². The molecule has 0 bridgehead atoms. The number of ether oxygens (including phenoxy) is 1. The van der Waals surface area contributed by atoms with Gasteiger partial charge in [0.05, 0.1) is 22.5 Å². The molecule has 0 atom stereocenters. The zero-order valence-electron chi connectivity index (χ0n) is 11.4. The molecule has 2 aromatic rings. The van der Waals surface area contributed by atoms with E-state index >= 15 is 0 Å². The van der Waals surface area contributed by atoms with Crippen LogP contribution in [0, 0.1) is 11.6 Å². The predicted octanol–water partition coefficient (Wildman–Crippen LogP) is 4.84. The predicted molar refractivity (Wildman–Crippen MR) is 84.0 cm³/mol. The smallest absolute Gasteiger partial charge is 0.147 e. The lowest BCUT2D eigenvalue weighted by Gasteiger charge is -2.12. The Bertz CT molecular complexity index is 650. The fraction of sp³-hybridized carbons (Fsp3) is 0.200. The number of anilines is 3. The van der Waals surface area contributed by atoms with Crippen LogP contribution in [0.25, 0.3) is 0 Å². The van der Waals surface area contributed by atoms with E-state index in [1.165, 1.54) is 0 Å². The molecule has 0 fully saturated rings. The van der Waals surface area contributed by atoms with Crippen LogP contribution in [-0.4, -0.2) is 6.61 Å². The van der Waals surface area contributed by atoms with Crippen molar-refractivity contribution in [3.63, 3.8) is 0 Å². The third kappa shape index (κ3) is 3.85. The van der Waals surface area contributed by atoms with Crippen LogP contribution in [0.3, 0.4) is 0 Å². The Hall–Kier alpha value is -1.82. The van der Waals surface area contributed by atoms with Crippen molar-refractivity contribution < 1.29 is 13.5 Å². The standard InChI is InChI=1S/C15H15BrF2N2O/c1-2-5-21-15-6-9(3-4-13(15)19)20-14-8-11(17)10(16)7-12(14)18/h3-4,6-8,20H,2,5,19H2,1H3. The van der Waals surface area contributed by atoms with E-state index in [0.717, 1.165) is 18.6 Å². The topological polar surface area (TPSA) is 47.3 Å². The van der Waals surface area contributed by atoms with Crippen molar-refractivity contribution in [2.45, 2.75) is 13.3 Å². The SMILES string of the molecule is CCCOc1cc(Nc2cc(F)c(Br)cc2F)ccc1N. The van der Waals surface area contributed by atoms with E-state index in [0.29, 0.717) is 23.7 Å². The van der Waals surface area contributed by atoms with Crippen molar-refractivity contribution in [2.24, 2.45) is 0 Å². The maximum absolute atomic E-state index is 13.8. The van der Waals surface area contributed by atoms with Gasteiger partial charge < -0.3 is 15.8 Å². The van der Waals surface area contributed by atoms with Gasteiger partial charge in [-0.25, -0.2) is 8.78 Å². The van der Waals surface area contributed by atoms with Gasteiger partial charge in [0, 0.05) is 17.8 Å². The molecule has 21 heavy (non-hydrogen) atoms. The first-order valence-electron chi connectivity index (χ1n) is 6.45. The van der Waals surface area contributed by atoms with Gasteiger partial charge in [-0.1, -0.05) is 6.92 Å². The average Bonchev–Trinajstić information content (AvgIpc) is 2.45. The number of halogens is 3. The summed E-state index contributed by atoms with van der Waals surface area (Å²) in [6, 6.07) is 7.14. The second-order valence-corrected chi connectivity index (χ2v) is 5.33. The largest absolute Gasteiger partial charge is 0.491 e. The van der Waals surface area contributed by atoms with Crippen molar-refractivity contribution in [2.75, 3.05) is 17.7 Å². The third-order valence-corrected chi connectivity index (χ3v) is 3.37. The highest BCUT2D eigenvalue weighted by molar-refractivity contribution is 9.10. The quantitative estimate of drug-likeness (QED) is 0.595.